The number of rotatable bonds is 3. The van der Waals surface area contributed by atoms with Crippen LogP contribution in [0.4, 0.5) is 0 Å². The van der Waals surface area contributed by atoms with Crippen LogP contribution in [0.2, 0.25) is 0 Å². The highest BCUT2D eigenvalue weighted by Crippen LogP contribution is 2.31. The van der Waals surface area contributed by atoms with Gasteiger partial charge in [-0.2, -0.15) is 0 Å². The number of ether oxygens (including phenoxy) is 1. The zero-order chi connectivity index (χ0) is 14.8. The molecular weight excluding hydrogens is 460 g/mol. The van der Waals surface area contributed by atoms with Crippen LogP contribution in [-0.2, 0) is 5.33 Å². The zero-order valence-corrected chi connectivity index (χ0v) is 15.7. The molecule has 0 saturated carbocycles. The summed E-state index contributed by atoms with van der Waals surface area (Å²) in [7, 11) is 0. The second-order valence-electron chi connectivity index (χ2n) is 4.64. The van der Waals surface area contributed by atoms with E-state index in [2.05, 4.69) is 78.1 Å². The van der Waals surface area contributed by atoms with Gasteiger partial charge in [0.2, 0.25) is 0 Å². The Morgan fingerprint density at radius 3 is 2.24 bits per heavy atom. The van der Waals surface area contributed by atoms with Crippen LogP contribution in [0.15, 0.2) is 63.5 Å². The number of fused-ring (bicyclic) bond motifs is 1. The van der Waals surface area contributed by atoms with E-state index in [-0.39, 0.29) is 0 Å². The minimum Gasteiger partial charge on any atom is -0.457 e. The van der Waals surface area contributed by atoms with E-state index in [1.807, 2.05) is 24.3 Å². The molecule has 3 aromatic rings. The number of hydrogen-bond acceptors (Lipinski definition) is 1. The summed E-state index contributed by atoms with van der Waals surface area (Å²) in [5.74, 6) is 1.71. The lowest BCUT2D eigenvalue weighted by molar-refractivity contribution is 0.479. The van der Waals surface area contributed by atoms with Gasteiger partial charge in [0.15, 0.2) is 0 Å². The maximum absolute atomic E-state index is 6.03. The van der Waals surface area contributed by atoms with Crippen molar-refractivity contribution in [2.24, 2.45) is 0 Å². The molecule has 0 amide bonds. The molecule has 0 fully saturated rings. The molecule has 0 heterocycles. The Bertz CT molecular complexity index is 799. The van der Waals surface area contributed by atoms with Crippen molar-refractivity contribution in [3.63, 3.8) is 0 Å². The minimum atomic E-state index is 0.752. The number of alkyl halides is 1. The minimum absolute atomic E-state index is 0.752. The molecule has 0 aromatic heterocycles. The number of hydrogen-bond donors (Lipinski definition) is 0. The van der Waals surface area contributed by atoms with E-state index in [0.29, 0.717) is 0 Å². The maximum Gasteiger partial charge on any atom is 0.131 e. The summed E-state index contributed by atoms with van der Waals surface area (Å²) in [4.78, 5) is 0. The molecule has 0 atom stereocenters. The standard InChI is InChI=1S/C17H11Br3O/c18-10-13-8-15(20)4-6-17(13)21-16-5-2-11-7-14(19)3-1-12(11)9-16/h1-9H,10H2. The van der Waals surface area contributed by atoms with E-state index in [1.54, 1.807) is 0 Å². The first-order chi connectivity index (χ1) is 10.2. The number of halogens is 3. The normalized spacial score (nSPS) is 10.8. The summed E-state index contributed by atoms with van der Waals surface area (Å²) < 4.78 is 8.16. The van der Waals surface area contributed by atoms with Crippen molar-refractivity contribution in [2.75, 3.05) is 0 Å². The van der Waals surface area contributed by atoms with Crippen molar-refractivity contribution in [1.82, 2.24) is 0 Å². The quantitative estimate of drug-likeness (QED) is 0.372. The fourth-order valence-corrected chi connectivity index (χ4v) is 3.36. The van der Waals surface area contributed by atoms with Gasteiger partial charge in [0.1, 0.15) is 11.5 Å². The van der Waals surface area contributed by atoms with Gasteiger partial charge in [-0.15, -0.1) is 0 Å². The lowest BCUT2D eigenvalue weighted by Crippen LogP contribution is -1.89. The lowest BCUT2D eigenvalue weighted by Gasteiger charge is -2.11. The molecule has 0 aliphatic heterocycles. The summed E-state index contributed by atoms with van der Waals surface area (Å²) in [5.41, 5.74) is 1.11. The molecule has 0 aliphatic rings. The highest BCUT2D eigenvalue weighted by Gasteiger charge is 2.06. The fraction of sp³-hybridized carbons (Fsp3) is 0.0588. The van der Waals surface area contributed by atoms with Crippen LogP contribution in [0.25, 0.3) is 10.8 Å². The smallest absolute Gasteiger partial charge is 0.131 e. The molecule has 0 bridgehead atoms. The Hall–Kier alpha value is -0.840. The van der Waals surface area contributed by atoms with E-state index in [0.717, 1.165) is 36.7 Å². The molecule has 0 N–H and O–H groups in total. The first-order valence-corrected chi connectivity index (χ1v) is 9.08. The van der Waals surface area contributed by atoms with Crippen molar-refractivity contribution in [1.29, 1.82) is 0 Å². The average Bonchev–Trinajstić information content (AvgIpc) is 2.49. The van der Waals surface area contributed by atoms with E-state index < -0.39 is 0 Å². The molecule has 0 saturated heterocycles. The van der Waals surface area contributed by atoms with E-state index in [1.165, 1.54) is 5.39 Å². The summed E-state index contributed by atoms with van der Waals surface area (Å²) >= 11 is 10.5. The molecule has 0 unspecified atom stereocenters. The topological polar surface area (TPSA) is 9.23 Å². The molecule has 0 spiro atoms. The van der Waals surface area contributed by atoms with Crippen LogP contribution in [0.3, 0.4) is 0 Å². The summed E-state index contributed by atoms with van der Waals surface area (Å²) in [6, 6.07) is 18.4. The highest BCUT2D eigenvalue weighted by atomic mass is 79.9. The van der Waals surface area contributed by atoms with Crippen molar-refractivity contribution < 1.29 is 4.74 Å². The van der Waals surface area contributed by atoms with E-state index >= 15 is 0 Å². The molecule has 0 aliphatic carbocycles. The Balaban J connectivity index is 1.96. The number of benzene rings is 3. The van der Waals surface area contributed by atoms with Crippen LogP contribution < -0.4 is 4.74 Å². The molecule has 3 aromatic carbocycles. The van der Waals surface area contributed by atoms with Gasteiger partial charge in [-0.1, -0.05) is 59.9 Å². The SMILES string of the molecule is BrCc1cc(Br)ccc1Oc1ccc2cc(Br)ccc2c1. The van der Waals surface area contributed by atoms with Crippen LogP contribution in [0.1, 0.15) is 5.56 Å². The molecule has 4 heteroatoms. The Morgan fingerprint density at radius 1 is 0.762 bits per heavy atom. The summed E-state index contributed by atoms with van der Waals surface area (Å²) in [6.45, 7) is 0. The third-order valence-corrected chi connectivity index (χ3v) is 4.76. The summed E-state index contributed by atoms with van der Waals surface area (Å²) in [5, 5.41) is 3.10. The second-order valence-corrected chi connectivity index (χ2v) is 7.03. The van der Waals surface area contributed by atoms with Crippen molar-refractivity contribution in [2.45, 2.75) is 5.33 Å². The van der Waals surface area contributed by atoms with E-state index in [9.17, 15) is 0 Å². The fourth-order valence-electron chi connectivity index (χ4n) is 2.14. The largest absolute Gasteiger partial charge is 0.457 e. The Kier molecular flexibility index (Phi) is 4.67. The first kappa shape index (κ1) is 15.1. The van der Waals surface area contributed by atoms with Gasteiger partial charge >= 0.3 is 0 Å². The maximum atomic E-state index is 6.03. The monoisotopic (exact) mass is 468 g/mol. The second kappa shape index (κ2) is 6.51. The third kappa shape index (κ3) is 3.50. The van der Waals surface area contributed by atoms with Crippen LogP contribution in [0, 0.1) is 0 Å². The van der Waals surface area contributed by atoms with Crippen molar-refractivity contribution in [3.8, 4) is 11.5 Å². The third-order valence-electron chi connectivity index (χ3n) is 3.17. The van der Waals surface area contributed by atoms with E-state index in [4.69, 9.17) is 4.74 Å². The predicted molar refractivity (Wildman–Crippen MR) is 98.5 cm³/mol. The summed E-state index contributed by atoms with van der Waals surface area (Å²) in [6.07, 6.45) is 0. The first-order valence-electron chi connectivity index (χ1n) is 6.37. The van der Waals surface area contributed by atoms with Crippen molar-refractivity contribution >= 4 is 58.6 Å². The Morgan fingerprint density at radius 2 is 1.43 bits per heavy atom. The molecular formula is C17H11Br3O. The molecule has 106 valence electrons. The van der Waals surface area contributed by atoms with Gasteiger partial charge < -0.3 is 4.74 Å². The zero-order valence-electron chi connectivity index (χ0n) is 10.9. The van der Waals surface area contributed by atoms with Gasteiger partial charge in [0, 0.05) is 19.8 Å². The lowest BCUT2D eigenvalue weighted by atomic mass is 10.1. The van der Waals surface area contributed by atoms with Gasteiger partial charge in [0.25, 0.3) is 0 Å². The average molecular weight is 471 g/mol. The van der Waals surface area contributed by atoms with Gasteiger partial charge in [-0.05, 0) is 53.2 Å². The Labute approximate surface area is 148 Å². The van der Waals surface area contributed by atoms with Crippen LogP contribution in [0.5, 0.6) is 11.5 Å². The molecule has 0 radical (unpaired) electrons. The van der Waals surface area contributed by atoms with Gasteiger partial charge in [-0.3, -0.25) is 0 Å². The molecule has 1 nitrogen and oxygen atoms in total. The van der Waals surface area contributed by atoms with Gasteiger partial charge in [0.05, 0.1) is 0 Å². The van der Waals surface area contributed by atoms with Crippen molar-refractivity contribution in [3.05, 3.63) is 69.1 Å². The van der Waals surface area contributed by atoms with Crippen LogP contribution in [-0.4, -0.2) is 0 Å². The molecule has 3 rings (SSSR count). The van der Waals surface area contributed by atoms with Crippen LogP contribution >= 0.6 is 47.8 Å². The molecule has 21 heavy (non-hydrogen) atoms. The highest BCUT2D eigenvalue weighted by molar-refractivity contribution is 9.10. The van der Waals surface area contributed by atoms with Gasteiger partial charge in [-0.25, -0.2) is 0 Å². The predicted octanol–water partition coefficient (Wildman–Crippen LogP) is 7.05.